The van der Waals surface area contributed by atoms with E-state index in [1.807, 2.05) is 12.2 Å². The van der Waals surface area contributed by atoms with Crippen LogP contribution in [0.2, 0.25) is 0 Å². The van der Waals surface area contributed by atoms with Gasteiger partial charge in [-0.05, 0) is 38.0 Å². The molecule has 376 valence electrons. The Morgan fingerprint density at radius 1 is 0.703 bits per heavy atom. The van der Waals surface area contributed by atoms with Crippen LogP contribution in [0.3, 0.4) is 0 Å². The number of phosphoric ester groups is 2. The maximum Gasteiger partial charge on any atom is 0.472 e. The number of aliphatic hydroxyl groups is 4. The van der Waals surface area contributed by atoms with E-state index in [1.54, 1.807) is 12.2 Å². The molecule has 1 aliphatic rings. The second kappa shape index (κ2) is 36.5. The van der Waals surface area contributed by atoms with Gasteiger partial charge in [-0.25, -0.2) is 9.13 Å². The molecule has 2 unspecified atom stereocenters. The molecule has 0 aromatic heterocycles. The number of carbonyl (C=O) groups excluding carboxylic acids is 2. The molecule has 1 rings (SSSR count). The average molecular weight is 959 g/mol. The highest BCUT2D eigenvalue weighted by atomic mass is 31.2. The zero-order chi connectivity index (χ0) is 47.6. The van der Waals surface area contributed by atoms with Crippen LogP contribution in [-0.2, 0) is 46.5 Å². The molecule has 1 saturated heterocycles. The summed E-state index contributed by atoms with van der Waals surface area (Å²) < 4.78 is 53.5. The second-order valence-corrected chi connectivity index (χ2v) is 20.1. The van der Waals surface area contributed by atoms with Crippen molar-refractivity contribution in [2.24, 2.45) is 11.8 Å². The largest absolute Gasteiger partial charge is 0.472 e. The Balaban J connectivity index is 2.56. The van der Waals surface area contributed by atoms with Crippen LogP contribution in [-0.4, -0.2) is 110 Å². The Morgan fingerprint density at radius 2 is 1.27 bits per heavy atom. The van der Waals surface area contributed by atoms with E-state index in [0.29, 0.717) is 32.1 Å². The van der Waals surface area contributed by atoms with Crippen molar-refractivity contribution in [3.8, 4) is 0 Å². The number of aliphatic hydroxyl groups excluding tert-OH is 4. The molecule has 1 heterocycles. The van der Waals surface area contributed by atoms with Crippen molar-refractivity contribution in [3.63, 3.8) is 0 Å². The number of unbranched alkanes of at least 4 members (excludes halogenated alkanes) is 15. The van der Waals surface area contributed by atoms with E-state index >= 15 is 0 Å². The summed E-state index contributed by atoms with van der Waals surface area (Å²) in [5, 5.41) is 40.8. The zero-order valence-electron chi connectivity index (χ0n) is 38.8. The number of rotatable bonds is 40. The third-order valence-electron chi connectivity index (χ3n) is 10.8. The Labute approximate surface area is 382 Å². The van der Waals surface area contributed by atoms with Crippen LogP contribution in [0.4, 0.5) is 0 Å². The smallest absolute Gasteiger partial charge is 0.462 e. The van der Waals surface area contributed by atoms with Gasteiger partial charge >= 0.3 is 27.6 Å². The first-order chi connectivity index (χ1) is 30.4. The molecule has 0 bridgehead atoms. The van der Waals surface area contributed by atoms with Crippen LogP contribution in [0.1, 0.15) is 175 Å². The normalized spacial score (nSPS) is 20.7. The van der Waals surface area contributed by atoms with E-state index in [0.717, 1.165) is 50.9 Å². The number of hydrogen-bond donors (Lipinski definition) is 7. The maximum atomic E-state index is 12.7. The third-order valence-corrected chi connectivity index (χ3v) is 12.2. The van der Waals surface area contributed by atoms with E-state index in [4.69, 9.17) is 28.5 Å². The molecule has 7 N–H and O–H groups in total. The molecule has 0 spiro atoms. The van der Waals surface area contributed by atoms with Gasteiger partial charge in [0.25, 0.3) is 0 Å². The first kappa shape index (κ1) is 60.5. The van der Waals surface area contributed by atoms with Gasteiger partial charge < -0.3 is 49.3 Å². The van der Waals surface area contributed by atoms with Crippen LogP contribution in [0.15, 0.2) is 24.3 Å². The maximum absolute atomic E-state index is 12.7. The van der Waals surface area contributed by atoms with E-state index in [2.05, 4.69) is 29.8 Å². The Morgan fingerprint density at radius 3 is 1.88 bits per heavy atom. The van der Waals surface area contributed by atoms with Gasteiger partial charge in [0.05, 0.1) is 38.1 Å². The van der Waals surface area contributed by atoms with Gasteiger partial charge in [-0.2, -0.15) is 0 Å². The summed E-state index contributed by atoms with van der Waals surface area (Å²) in [5.74, 6) is -0.787. The summed E-state index contributed by atoms with van der Waals surface area (Å²) in [7, 11) is -9.77. The highest BCUT2D eigenvalue weighted by Gasteiger charge is 2.35. The lowest BCUT2D eigenvalue weighted by Gasteiger charge is -2.36. The first-order valence-corrected chi connectivity index (χ1v) is 26.8. The second-order valence-electron chi connectivity index (χ2n) is 17.4. The Kier molecular flexibility index (Phi) is 34.5. The molecule has 17 nitrogen and oxygen atoms in total. The topological polar surface area (TPSA) is 265 Å². The molecular weight excluding hydrogens is 874 g/mol. The first-order valence-electron chi connectivity index (χ1n) is 23.8. The molecule has 0 aliphatic carbocycles. The fourth-order valence-corrected chi connectivity index (χ4v) is 8.26. The minimum atomic E-state index is -4.90. The summed E-state index contributed by atoms with van der Waals surface area (Å²) in [6.45, 7) is 3.68. The van der Waals surface area contributed by atoms with Gasteiger partial charge in [-0.3, -0.25) is 23.2 Å². The van der Waals surface area contributed by atoms with E-state index in [1.165, 1.54) is 57.8 Å². The number of allylic oxidation sites excluding steroid dienone is 2. The molecule has 0 aromatic rings. The highest BCUT2D eigenvalue weighted by molar-refractivity contribution is 7.47. The van der Waals surface area contributed by atoms with Crippen molar-refractivity contribution in [2.75, 3.05) is 26.4 Å². The van der Waals surface area contributed by atoms with Crippen molar-refractivity contribution in [1.82, 2.24) is 0 Å². The van der Waals surface area contributed by atoms with Crippen LogP contribution >= 0.6 is 15.6 Å². The van der Waals surface area contributed by atoms with Crippen molar-refractivity contribution in [2.45, 2.75) is 212 Å². The summed E-state index contributed by atoms with van der Waals surface area (Å²) in [5.41, 5.74) is 0. The van der Waals surface area contributed by atoms with Crippen molar-refractivity contribution in [3.05, 3.63) is 24.3 Å². The van der Waals surface area contributed by atoms with Gasteiger partial charge in [0.15, 0.2) is 12.4 Å². The number of hydrogen-bond acceptors (Lipinski definition) is 14. The fourth-order valence-electron chi connectivity index (χ4n) is 7.10. The molecule has 64 heavy (non-hydrogen) atoms. The monoisotopic (exact) mass is 959 g/mol. The van der Waals surface area contributed by atoms with Gasteiger partial charge in [-0.1, -0.05) is 148 Å². The van der Waals surface area contributed by atoms with Crippen molar-refractivity contribution < 1.29 is 81.6 Å². The standard InChI is InChI=1S/C45H84O17P2/c1-4-5-19-25-37(46)29-30-42-40(41(48)31-45(51)62-42)26-21-17-18-22-27-43(49)57-34-39(35-60-64(55,56)59-33-38(47)32-58-63(52,53)54)61-44(50)28-23-16-14-12-10-8-6-7-9-11-13-15-20-24-36(2)3/h17,21,29-30,36-42,45-48,51H,4-16,18-20,22-28,31-35H2,1-3H3,(H,55,56)(H2,52,53,54)/b21-17-,30-29+/t37-,38-,39+,40-,41-,42+,45?/m0/s1. The summed E-state index contributed by atoms with van der Waals surface area (Å²) in [6.07, 6.45) is 22.2. The molecular formula is C45H84O17P2. The van der Waals surface area contributed by atoms with Gasteiger partial charge in [0, 0.05) is 25.2 Å². The van der Waals surface area contributed by atoms with Gasteiger partial charge in [0.2, 0.25) is 0 Å². The lowest BCUT2D eigenvalue weighted by molar-refractivity contribution is -0.199. The third kappa shape index (κ3) is 34.7. The lowest BCUT2D eigenvalue weighted by atomic mass is 9.87. The average Bonchev–Trinajstić information content (AvgIpc) is 3.22. The summed E-state index contributed by atoms with van der Waals surface area (Å²) in [4.78, 5) is 53.0. The molecule has 0 radical (unpaired) electrons. The van der Waals surface area contributed by atoms with Crippen LogP contribution in [0.5, 0.6) is 0 Å². The van der Waals surface area contributed by atoms with E-state index < -0.39 is 90.8 Å². The molecule has 8 atom stereocenters. The van der Waals surface area contributed by atoms with Crippen molar-refractivity contribution >= 4 is 27.6 Å². The zero-order valence-corrected chi connectivity index (χ0v) is 40.6. The Hall–Kier alpha value is -1.56. The highest BCUT2D eigenvalue weighted by Crippen LogP contribution is 2.44. The van der Waals surface area contributed by atoms with Crippen LogP contribution < -0.4 is 0 Å². The van der Waals surface area contributed by atoms with E-state index in [9.17, 15) is 44.0 Å². The van der Waals surface area contributed by atoms with Crippen LogP contribution in [0.25, 0.3) is 0 Å². The fraction of sp³-hybridized carbons (Fsp3) is 0.867. The minimum absolute atomic E-state index is 0.00322. The number of carbonyl (C=O) groups is 2. The molecule has 19 heteroatoms. The minimum Gasteiger partial charge on any atom is -0.462 e. The molecule has 0 amide bonds. The molecule has 1 aliphatic heterocycles. The van der Waals surface area contributed by atoms with Crippen molar-refractivity contribution in [1.29, 1.82) is 0 Å². The summed E-state index contributed by atoms with van der Waals surface area (Å²) in [6, 6.07) is 0. The predicted molar refractivity (Wildman–Crippen MR) is 243 cm³/mol. The van der Waals surface area contributed by atoms with Crippen LogP contribution in [0, 0.1) is 11.8 Å². The SMILES string of the molecule is CCCCC[C@H](O)/C=C/[C@H]1OC(O)C[C@H](O)[C@@H]1C/C=C\CCCC(=O)OC[C@H](COP(=O)(O)OC[C@@H](O)COP(=O)(O)O)OC(=O)CCCCCCCCCCCCCCCC(C)C. The number of phosphoric acid groups is 2. The van der Waals surface area contributed by atoms with Gasteiger partial charge in [0.1, 0.15) is 12.7 Å². The Bertz CT molecular complexity index is 1360. The quantitative estimate of drug-likeness (QED) is 0.0132. The number of ether oxygens (including phenoxy) is 3. The molecule has 1 fully saturated rings. The molecule has 0 saturated carbocycles. The molecule has 0 aromatic carbocycles. The predicted octanol–water partition coefficient (Wildman–Crippen LogP) is 8.25. The van der Waals surface area contributed by atoms with E-state index in [-0.39, 0.29) is 25.2 Å². The number of esters is 2. The lowest BCUT2D eigenvalue weighted by Crippen LogP contribution is -2.43. The summed E-state index contributed by atoms with van der Waals surface area (Å²) >= 11 is 0. The van der Waals surface area contributed by atoms with Gasteiger partial charge in [-0.15, -0.1) is 0 Å².